The zero-order valence-corrected chi connectivity index (χ0v) is 14.7. The van der Waals surface area contributed by atoms with Crippen molar-refractivity contribution in [1.82, 2.24) is 0 Å². The average Bonchev–Trinajstić information content (AvgIpc) is 2.62. The molecule has 3 aromatic rings. The molecule has 7 heteroatoms. The number of anilines is 2. The number of nitrogens with zero attached hydrogens (tertiary/aromatic N) is 2. The average molecular weight is 370 g/mol. The number of nitrogens with one attached hydrogen (secondary N) is 1. The summed E-state index contributed by atoms with van der Waals surface area (Å²) in [6.07, 6.45) is 0. The highest BCUT2D eigenvalue weighted by Gasteiger charge is 2.13. The van der Waals surface area contributed by atoms with E-state index < -0.39 is 4.92 Å². The highest BCUT2D eigenvalue weighted by atomic mass is 35.5. The van der Waals surface area contributed by atoms with Crippen LogP contribution in [-0.4, -0.2) is 24.4 Å². The third-order valence-electron chi connectivity index (χ3n) is 3.99. The van der Waals surface area contributed by atoms with Crippen LogP contribution in [0.1, 0.15) is 0 Å². The molecule has 0 aliphatic rings. The summed E-state index contributed by atoms with van der Waals surface area (Å²) in [5.41, 5.74) is 1.13. The van der Waals surface area contributed by atoms with Crippen LogP contribution in [0.3, 0.4) is 0 Å². The largest absolute Gasteiger partial charge is 0.365 e. The maximum atomic E-state index is 12.3. The second-order valence-electron chi connectivity index (χ2n) is 5.86. The first-order valence-corrected chi connectivity index (χ1v) is 8.25. The van der Waals surface area contributed by atoms with Crippen LogP contribution in [0.4, 0.5) is 17.1 Å². The number of carbonyl (C=O) groups excluding carboxylic acids is 1. The topological polar surface area (TPSA) is 75.5 Å². The standard InChI is InChI=1S/C19H16ClN3O3/c1-22(15-7-6-13-4-2-3-5-14(13)10-15)12-19(24)21-18-9-8-16(23(25)26)11-17(18)20/h2-11H,12H2,1H3,(H,21,24). The normalized spacial score (nSPS) is 10.5. The number of rotatable bonds is 5. The van der Waals surface area contributed by atoms with Gasteiger partial charge in [0.05, 0.1) is 22.2 Å². The van der Waals surface area contributed by atoms with Gasteiger partial charge in [-0.15, -0.1) is 0 Å². The van der Waals surface area contributed by atoms with Crippen LogP contribution in [-0.2, 0) is 4.79 Å². The molecular weight excluding hydrogens is 354 g/mol. The number of fused-ring (bicyclic) bond motifs is 1. The highest BCUT2D eigenvalue weighted by molar-refractivity contribution is 6.34. The summed E-state index contributed by atoms with van der Waals surface area (Å²) in [6.45, 7) is 0.117. The van der Waals surface area contributed by atoms with Crippen molar-refractivity contribution >= 4 is 45.3 Å². The third-order valence-corrected chi connectivity index (χ3v) is 4.30. The summed E-state index contributed by atoms with van der Waals surface area (Å²) in [7, 11) is 1.82. The molecule has 0 saturated carbocycles. The molecule has 0 aliphatic heterocycles. The number of non-ortho nitro benzene ring substituents is 1. The van der Waals surface area contributed by atoms with E-state index >= 15 is 0 Å². The fraction of sp³-hybridized carbons (Fsp3) is 0.105. The van der Waals surface area contributed by atoms with Crippen molar-refractivity contribution in [3.8, 4) is 0 Å². The molecule has 26 heavy (non-hydrogen) atoms. The van der Waals surface area contributed by atoms with Gasteiger partial charge in [-0.1, -0.05) is 41.9 Å². The minimum Gasteiger partial charge on any atom is -0.365 e. The molecule has 0 aliphatic carbocycles. The van der Waals surface area contributed by atoms with Crippen molar-refractivity contribution in [2.45, 2.75) is 0 Å². The van der Waals surface area contributed by atoms with Crippen LogP contribution in [0, 0.1) is 10.1 Å². The number of amides is 1. The Bertz CT molecular complexity index is 991. The monoisotopic (exact) mass is 369 g/mol. The van der Waals surface area contributed by atoms with Crippen LogP contribution in [0.5, 0.6) is 0 Å². The van der Waals surface area contributed by atoms with Crippen molar-refractivity contribution in [3.63, 3.8) is 0 Å². The van der Waals surface area contributed by atoms with E-state index in [1.807, 2.05) is 54.4 Å². The van der Waals surface area contributed by atoms with Gasteiger partial charge in [0.25, 0.3) is 5.69 Å². The first kappa shape index (κ1) is 17.7. The van der Waals surface area contributed by atoms with Crippen molar-refractivity contribution in [1.29, 1.82) is 0 Å². The molecule has 0 spiro atoms. The van der Waals surface area contributed by atoms with Gasteiger partial charge in [-0.25, -0.2) is 0 Å². The predicted molar refractivity (Wildman–Crippen MR) is 104 cm³/mol. The van der Waals surface area contributed by atoms with E-state index in [1.165, 1.54) is 18.2 Å². The minimum absolute atomic E-state index is 0.117. The smallest absolute Gasteiger partial charge is 0.271 e. The Morgan fingerprint density at radius 2 is 1.85 bits per heavy atom. The minimum atomic E-state index is -0.537. The molecule has 1 N–H and O–H groups in total. The molecule has 1 amide bonds. The molecule has 0 heterocycles. The van der Waals surface area contributed by atoms with Gasteiger partial charge in [0.2, 0.25) is 5.91 Å². The lowest BCUT2D eigenvalue weighted by Gasteiger charge is -2.19. The molecule has 3 rings (SSSR count). The molecule has 6 nitrogen and oxygen atoms in total. The lowest BCUT2D eigenvalue weighted by molar-refractivity contribution is -0.384. The molecule has 0 fully saturated rings. The molecule has 0 aromatic heterocycles. The van der Waals surface area contributed by atoms with E-state index in [0.717, 1.165) is 16.5 Å². The van der Waals surface area contributed by atoms with E-state index in [2.05, 4.69) is 5.32 Å². The summed E-state index contributed by atoms with van der Waals surface area (Å²) in [6, 6.07) is 17.9. The molecule has 0 radical (unpaired) electrons. The van der Waals surface area contributed by atoms with Crippen LogP contribution in [0.2, 0.25) is 5.02 Å². The van der Waals surface area contributed by atoms with E-state index in [-0.39, 0.29) is 23.2 Å². The molecule has 0 saturated heterocycles. The van der Waals surface area contributed by atoms with Crippen molar-refractivity contribution in [2.24, 2.45) is 0 Å². The Morgan fingerprint density at radius 3 is 2.54 bits per heavy atom. The molecule has 0 bridgehead atoms. The van der Waals surface area contributed by atoms with Crippen molar-refractivity contribution in [2.75, 3.05) is 23.8 Å². The fourth-order valence-corrected chi connectivity index (χ4v) is 2.85. The number of hydrogen-bond acceptors (Lipinski definition) is 4. The molecule has 132 valence electrons. The maximum absolute atomic E-state index is 12.3. The molecule has 0 unspecified atom stereocenters. The van der Waals surface area contributed by atoms with Gasteiger partial charge in [-0.2, -0.15) is 0 Å². The van der Waals surface area contributed by atoms with Crippen LogP contribution < -0.4 is 10.2 Å². The summed E-state index contributed by atoms with van der Waals surface area (Å²) < 4.78 is 0. The van der Waals surface area contributed by atoms with Gasteiger partial charge in [0.1, 0.15) is 0 Å². The maximum Gasteiger partial charge on any atom is 0.271 e. The van der Waals surface area contributed by atoms with E-state index in [1.54, 1.807) is 0 Å². The first-order chi connectivity index (χ1) is 12.4. The Hall–Kier alpha value is -3.12. The highest BCUT2D eigenvalue weighted by Crippen LogP contribution is 2.27. The van der Waals surface area contributed by atoms with Crippen molar-refractivity contribution < 1.29 is 9.72 Å². The Balaban J connectivity index is 1.69. The van der Waals surface area contributed by atoms with Gasteiger partial charge in [-0.05, 0) is 29.0 Å². The number of nitro benzene ring substituents is 1. The van der Waals surface area contributed by atoms with Gasteiger partial charge >= 0.3 is 0 Å². The summed E-state index contributed by atoms with van der Waals surface area (Å²) in [5, 5.41) is 15.8. The number of nitro groups is 1. The van der Waals surface area contributed by atoms with Gasteiger partial charge in [-0.3, -0.25) is 14.9 Å². The predicted octanol–water partition coefficient (Wildman–Crippen LogP) is 4.48. The second-order valence-corrected chi connectivity index (χ2v) is 6.26. The Morgan fingerprint density at radius 1 is 1.12 bits per heavy atom. The summed E-state index contributed by atoms with van der Waals surface area (Å²) >= 11 is 6.00. The van der Waals surface area contributed by atoms with Gasteiger partial charge in [0, 0.05) is 24.9 Å². The van der Waals surface area contributed by atoms with Crippen LogP contribution in [0.25, 0.3) is 10.8 Å². The number of carbonyl (C=O) groups is 1. The summed E-state index contributed by atoms with van der Waals surface area (Å²) in [4.78, 5) is 24.3. The Labute approximate surface area is 155 Å². The van der Waals surface area contributed by atoms with Crippen LogP contribution in [0.15, 0.2) is 60.7 Å². The quantitative estimate of drug-likeness (QED) is 0.531. The zero-order chi connectivity index (χ0) is 18.7. The third kappa shape index (κ3) is 3.92. The number of hydrogen-bond donors (Lipinski definition) is 1. The number of halogens is 1. The SMILES string of the molecule is CN(CC(=O)Nc1ccc([N+](=O)[O-])cc1Cl)c1ccc2ccccc2c1. The second kappa shape index (κ2) is 7.41. The first-order valence-electron chi connectivity index (χ1n) is 7.88. The number of likely N-dealkylation sites (N-methyl/N-ethyl adjacent to an activating group) is 1. The fourth-order valence-electron chi connectivity index (χ4n) is 2.63. The van der Waals surface area contributed by atoms with E-state index in [4.69, 9.17) is 11.6 Å². The lowest BCUT2D eigenvalue weighted by atomic mass is 10.1. The lowest BCUT2D eigenvalue weighted by Crippen LogP contribution is -2.30. The van der Waals surface area contributed by atoms with Crippen molar-refractivity contribution in [3.05, 3.63) is 75.8 Å². The zero-order valence-electron chi connectivity index (χ0n) is 14.0. The Kier molecular flexibility index (Phi) is 5.04. The molecule has 0 atom stereocenters. The van der Waals surface area contributed by atoms with E-state index in [0.29, 0.717) is 5.69 Å². The summed E-state index contributed by atoms with van der Waals surface area (Å²) in [5.74, 6) is -0.267. The number of benzene rings is 3. The van der Waals surface area contributed by atoms with Crippen LogP contribution >= 0.6 is 11.6 Å². The molecule has 3 aromatic carbocycles. The van der Waals surface area contributed by atoms with Gasteiger partial charge in [0.15, 0.2) is 0 Å². The van der Waals surface area contributed by atoms with E-state index in [9.17, 15) is 14.9 Å². The molecular formula is C19H16ClN3O3. The van der Waals surface area contributed by atoms with Gasteiger partial charge < -0.3 is 10.2 Å².